The van der Waals surface area contributed by atoms with Crippen LogP contribution in [0.2, 0.25) is 0 Å². The molecule has 2 rings (SSSR count). The van der Waals surface area contributed by atoms with Crippen LogP contribution in [0.25, 0.3) is 0 Å². The first-order valence-electron chi connectivity index (χ1n) is 6.49. The molecular weight excluding hydrogens is 272 g/mol. The molecule has 2 fully saturated rings. The van der Waals surface area contributed by atoms with Gasteiger partial charge in [0.05, 0.1) is 0 Å². The second-order valence-electron chi connectivity index (χ2n) is 5.35. The summed E-state index contributed by atoms with van der Waals surface area (Å²) in [6, 6.07) is 0. The van der Waals surface area contributed by atoms with Gasteiger partial charge in [0, 0.05) is 19.0 Å². The first-order valence-corrected chi connectivity index (χ1v) is 6.49. The van der Waals surface area contributed by atoms with E-state index in [2.05, 4.69) is 6.58 Å². The number of carboxylic acid groups (broad SMARTS) is 1. The molecular formula is C13H17F2NO4. The van der Waals surface area contributed by atoms with Crippen molar-refractivity contribution in [2.75, 3.05) is 19.7 Å². The van der Waals surface area contributed by atoms with Crippen molar-refractivity contribution >= 4 is 12.1 Å². The maximum Gasteiger partial charge on any atom is 0.410 e. The van der Waals surface area contributed by atoms with Gasteiger partial charge < -0.3 is 14.7 Å². The molecule has 0 spiro atoms. The zero-order valence-corrected chi connectivity index (χ0v) is 11.0. The van der Waals surface area contributed by atoms with Crippen molar-refractivity contribution in [2.45, 2.75) is 25.2 Å². The summed E-state index contributed by atoms with van der Waals surface area (Å²) in [6.45, 7) is 2.68. The lowest BCUT2D eigenvalue weighted by Crippen LogP contribution is -2.66. The monoisotopic (exact) mass is 289 g/mol. The summed E-state index contributed by atoms with van der Waals surface area (Å²) < 4.78 is 33.5. The molecule has 1 aliphatic heterocycles. The summed E-state index contributed by atoms with van der Waals surface area (Å²) in [5.41, 5.74) is -2.19. The van der Waals surface area contributed by atoms with Gasteiger partial charge in [-0.1, -0.05) is 19.1 Å². The molecule has 0 aromatic carbocycles. The molecule has 7 heteroatoms. The molecule has 1 heterocycles. The molecule has 112 valence electrons. The van der Waals surface area contributed by atoms with Crippen molar-refractivity contribution in [3.05, 3.63) is 12.7 Å². The quantitative estimate of drug-likeness (QED) is 0.808. The standard InChI is InChI=1S/C13H17F2NO4/c1-2-6-20-11(19)16-7-9-4-3-5-12(8-16,10(17)18)13(9,14)15/h2,9H,1,3-8H2,(H,17,18). The van der Waals surface area contributed by atoms with Crippen LogP contribution in [0.4, 0.5) is 13.6 Å². The summed E-state index contributed by atoms with van der Waals surface area (Å²) >= 11 is 0. The third kappa shape index (κ3) is 2.05. The predicted octanol–water partition coefficient (Wildman–Crippen LogP) is 2.13. The first kappa shape index (κ1) is 14.7. The average molecular weight is 289 g/mol. The van der Waals surface area contributed by atoms with Crippen molar-refractivity contribution in [3.63, 3.8) is 0 Å². The molecule has 0 radical (unpaired) electrons. The van der Waals surface area contributed by atoms with Gasteiger partial charge in [0.25, 0.3) is 5.92 Å². The van der Waals surface area contributed by atoms with Crippen LogP contribution in [0, 0.1) is 11.3 Å². The summed E-state index contributed by atoms with van der Waals surface area (Å²) in [5.74, 6) is -5.97. The van der Waals surface area contributed by atoms with E-state index < -0.39 is 35.9 Å². The van der Waals surface area contributed by atoms with Gasteiger partial charge >= 0.3 is 12.1 Å². The van der Waals surface area contributed by atoms with Gasteiger partial charge in [-0.05, 0) is 12.8 Å². The third-order valence-corrected chi connectivity index (χ3v) is 4.20. The van der Waals surface area contributed by atoms with Crippen molar-refractivity contribution in [1.29, 1.82) is 0 Å². The molecule has 0 aromatic rings. The van der Waals surface area contributed by atoms with Crippen molar-refractivity contribution < 1.29 is 28.2 Å². The smallest absolute Gasteiger partial charge is 0.410 e. The molecule has 2 bridgehead atoms. The number of rotatable bonds is 3. The number of aliphatic carboxylic acids is 1. The number of alkyl halides is 2. The number of amides is 1. The molecule has 2 atom stereocenters. The number of ether oxygens (including phenoxy) is 1. The highest BCUT2D eigenvalue weighted by Crippen LogP contribution is 2.54. The normalized spacial score (nSPS) is 31.5. The largest absolute Gasteiger partial charge is 0.481 e. The minimum atomic E-state index is -3.30. The van der Waals surface area contributed by atoms with E-state index in [1.165, 1.54) is 6.08 Å². The molecule has 1 saturated carbocycles. The molecule has 0 aromatic heterocycles. The van der Waals surface area contributed by atoms with E-state index in [1.54, 1.807) is 0 Å². The highest BCUT2D eigenvalue weighted by Gasteiger charge is 2.68. The summed E-state index contributed by atoms with van der Waals surface area (Å²) in [6.07, 6.45) is 1.12. The van der Waals surface area contributed by atoms with Crippen LogP contribution in [-0.4, -0.2) is 47.7 Å². The Kier molecular flexibility index (Phi) is 3.71. The lowest BCUT2D eigenvalue weighted by molar-refractivity contribution is -0.230. The highest BCUT2D eigenvalue weighted by molar-refractivity contribution is 5.78. The van der Waals surface area contributed by atoms with E-state index in [1.807, 2.05) is 0 Å². The molecule has 1 N–H and O–H groups in total. The second kappa shape index (κ2) is 5.03. The maximum atomic E-state index is 14.3. The number of hydrogen-bond donors (Lipinski definition) is 1. The number of carbonyl (C=O) groups excluding carboxylic acids is 1. The van der Waals surface area contributed by atoms with Crippen LogP contribution in [0.5, 0.6) is 0 Å². The lowest BCUT2D eigenvalue weighted by atomic mass is 9.63. The fourth-order valence-electron chi connectivity index (χ4n) is 3.11. The fraction of sp³-hybridized carbons (Fsp3) is 0.692. The second-order valence-corrected chi connectivity index (χ2v) is 5.35. The Morgan fingerprint density at radius 3 is 2.80 bits per heavy atom. The number of carbonyl (C=O) groups is 2. The average Bonchev–Trinajstić information content (AvgIpc) is 2.34. The van der Waals surface area contributed by atoms with E-state index in [-0.39, 0.29) is 26.0 Å². The van der Waals surface area contributed by atoms with Gasteiger partial charge in [-0.3, -0.25) is 4.79 Å². The lowest BCUT2D eigenvalue weighted by Gasteiger charge is -2.51. The molecule has 1 saturated heterocycles. The van der Waals surface area contributed by atoms with E-state index in [4.69, 9.17) is 4.74 Å². The Morgan fingerprint density at radius 2 is 2.20 bits per heavy atom. The number of likely N-dealkylation sites (tertiary alicyclic amines) is 1. The summed E-state index contributed by atoms with van der Waals surface area (Å²) in [4.78, 5) is 24.3. The highest BCUT2D eigenvalue weighted by atomic mass is 19.3. The van der Waals surface area contributed by atoms with Gasteiger partial charge in [0.15, 0.2) is 0 Å². The van der Waals surface area contributed by atoms with Gasteiger partial charge in [-0.25, -0.2) is 13.6 Å². The van der Waals surface area contributed by atoms with E-state index in [9.17, 15) is 23.5 Å². The van der Waals surface area contributed by atoms with Crippen LogP contribution in [0.3, 0.4) is 0 Å². The number of hydrogen-bond acceptors (Lipinski definition) is 3. The van der Waals surface area contributed by atoms with Gasteiger partial charge in [-0.2, -0.15) is 0 Å². The van der Waals surface area contributed by atoms with E-state index in [0.29, 0.717) is 6.42 Å². The Balaban J connectivity index is 2.26. The zero-order valence-electron chi connectivity index (χ0n) is 11.0. The number of piperidine rings is 1. The number of fused-ring (bicyclic) bond motifs is 2. The number of carboxylic acids is 1. The Hall–Kier alpha value is -1.66. The Bertz CT molecular complexity index is 440. The van der Waals surface area contributed by atoms with Crippen LogP contribution in [0.1, 0.15) is 19.3 Å². The molecule has 2 aliphatic rings. The molecule has 20 heavy (non-hydrogen) atoms. The maximum absolute atomic E-state index is 14.3. The van der Waals surface area contributed by atoms with Crippen molar-refractivity contribution in [1.82, 2.24) is 4.90 Å². The van der Waals surface area contributed by atoms with Crippen molar-refractivity contribution in [2.24, 2.45) is 11.3 Å². The number of nitrogens with zero attached hydrogens (tertiary/aromatic N) is 1. The van der Waals surface area contributed by atoms with Crippen LogP contribution in [-0.2, 0) is 9.53 Å². The van der Waals surface area contributed by atoms with Gasteiger partial charge in [0.2, 0.25) is 0 Å². The SMILES string of the molecule is C=CCOC(=O)N1CC2CCCC(C(=O)O)(C1)C2(F)F. The minimum Gasteiger partial charge on any atom is -0.481 e. The van der Waals surface area contributed by atoms with Crippen molar-refractivity contribution in [3.8, 4) is 0 Å². The Labute approximate surface area is 115 Å². The first-order chi connectivity index (χ1) is 9.35. The zero-order chi connectivity index (χ0) is 15.0. The van der Waals surface area contributed by atoms with Gasteiger partial charge in [0.1, 0.15) is 12.0 Å². The Morgan fingerprint density at radius 1 is 1.50 bits per heavy atom. The number of halogens is 2. The predicted molar refractivity (Wildman–Crippen MR) is 65.5 cm³/mol. The molecule has 5 nitrogen and oxygen atoms in total. The van der Waals surface area contributed by atoms with Crippen LogP contribution >= 0.6 is 0 Å². The molecule has 2 unspecified atom stereocenters. The molecule has 1 amide bonds. The van der Waals surface area contributed by atoms with Gasteiger partial charge in [-0.15, -0.1) is 0 Å². The van der Waals surface area contributed by atoms with E-state index >= 15 is 0 Å². The fourth-order valence-corrected chi connectivity index (χ4v) is 3.11. The van der Waals surface area contributed by atoms with Crippen LogP contribution in [0.15, 0.2) is 12.7 Å². The molecule has 1 aliphatic carbocycles. The topological polar surface area (TPSA) is 66.8 Å². The summed E-state index contributed by atoms with van der Waals surface area (Å²) in [7, 11) is 0. The summed E-state index contributed by atoms with van der Waals surface area (Å²) in [5, 5.41) is 9.28. The van der Waals surface area contributed by atoms with Crippen LogP contribution < -0.4 is 0 Å². The van der Waals surface area contributed by atoms with E-state index in [0.717, 1.165) is 4.90 Å². The minimum absolute atomic E-state index is 0.0313. The third-order valence-electron chi connectivity index (χ3n) is 4.20.